The van der Waals surface area contributed by atoms with Crippen molar-refractivity contribution in [2.24, 2.45) is 0 Å². The van der Waals surface area contributed by atoms with Gasteiger partial charge in [0.1, 0.15) is 11.6 Å². The predicted molar refractivity (Wildman–Crippen MR) is 124 cm³/mol. The summed E-state index contributed by atoms with van der Waals surface area (Å²) in [7, 11) is 0. The first-order valence-corrected chi connectivity index (χ1v) is 11.3. The number of carbonyl (C=O) groups is 1. The van der Waals surface area contributed by atoms with Gasteiger partial charge in [-0.25, -0.2) is 0 Å². The Morgan fingerprint density at radius 2 is 1.76 bits per heavy atom. The zero-order valence-corrected chi connectivity index (χ0v) is 19.1. The van der Waals surface area contributed by atoms with Crippen LogP contribution < -0.4 is 15.0 Å². The average Bonchev–Trinajstić information content (AvgIpc) is 3.15. The van der Waals surface area contributed by atoms with Crippen LogP contribution in [0.4, 0.5) is 11.6 Å². The highest BCUT2D eigenvalue weighted by Crippen LogP contribution is 2.40. The number of carbonyl (C=O) groups excluding carboxylic acids is 1. The van der Waals surface area contributed by atoms with Gasteiger partial charge in [0, 0.05) is 31.0 Å². The van der Waals surface area contributed by atoms with Gasteiger partial charge >= 0.3 is 0 Å². The molecule has 0 spiro atoms. The first-order chi connectivity index (χ1) is 16.0. The Kier molecular flexibility index (Phi) is 5.72. The van der Waals surface area contributed by atoms with E-state index in [1.807, 2.05) is 57.2 Å². The van der Waals surface area contributed by atoms with E-state index in [0.717, 1.165) is 41.5 Å². The Labute approximate surface area is 192 Å². The Bertz CT molecular complexity index is 1130. The number of morpholine rings is 1. The molecule has 0 radical (unpaired) electrons. The molecule has 1 fully saturated rings. The van der Waals surface area contributed by atoms with Crippen molar-refractivity contribution in [1.82, 2.24) is 20.0 Å². The molecule has 2 aliphatic heterocycles. The minimum absolute atomic E-state index is 0.0472. The third-order valence-electron chi connectivity index (χ3n) is 5.95. The second kappa shape index (κ2) is 8.82. The largest absolute Gasteiger partial charge is 0.491 e. The Hall–Kier alpha value is -3.46. The van der Waals surface area contributed by atoms with Gasteiger partial charge in [-0.3, -0.25) is 4.79 Å². The first kappa shape index (κ1) is 21.4. The van der Waals surface area contributed by atoms with Crippen LogP contribution in [0.25, 0.3) is 5.82 Å². The number of aryl methyl sites for hydroxylation is 1. The molecule has 9 nitrogen and oxygen atoms in total. The summed E-state index contributed by atoms with van der Waals surface area (Å²) in [6.45, 7) is 8.93. The quantitative estimate of drug-likeness (QED) is 0.641. The van der Waals surface area contributed by atoms with Crippen molar-refractivity contribution >= 4 is 17.5 Å². The molecule has 4 heterocycles. The molecule has 2 aliphatic rings. The first-order valence-electron chi connectivity index (χ1n) is 11.3. The maximum atomic E-state index is 12.6. The predicted octanol–water partition coefficient (Wildman–Crippen LogP) is 3.07. The molecule has 0 saturated carbocycles. The van der Waals surface area contributed by atoms with Crippen molar-refractivity contribution in [2.45, 2.75) is 39.2 Å². The molecule has 172 valence electrons. The van der Waals surface area contributed by atoms with Crippen molar-refractivity contribution in [3.05, 3.63) is 53.2 Å². The van der Waals surface area contributed by atoms with Crippen LogP contribution in [0.5, 0.6) is 5.75 Å². The summed E-state index contributed by atoms with van der Waals surface area (Å²) in [6, 6.07) is 11.8. The van der Waals surface area contributed by atoms with Gasteiger partial charge in [0.15, 0.2) is 11.6 Å². The fraction of sp³-hybridized carbons (Fsp3) is 0.417. The number of hydrogen-bond acceptors (Lipinski definition) is 7. The van der Waals surface area contributed by atoms with E-state index in [-0.39, 0.29) is 17.9 Å². The molecule has 0 unspecified atom stereocenters. The highest BCUT2D eigenvalue weighted by Gasteiger charge is 2.33. The van der Waals surface area contributed by atoms with E-state index >= 15 is 0 Å². The lowest BCUT2D eigenvalue weighted by molar-refractivity contribution is -0.116. The second-order valence-electron chi connectivity index (χ2n) is 8.65. The standard InChI is InChI=1S/C24H28N6O3/c1-15(2)33-18-6-4-17(5-7-18)19-14-22(31)25-24-23(19)16(3)28-30(24)21-9-8-20(26-27-21)29-10-12-32-13-11-29/h4-9,15,19H,10-14H2,1-3H3,(H,25,31)/t19-/m0/s1. The van der Waals surface area contributed by atoms with Gasteiger partial charge in [-0.05, 0) is 50.6 Å². The Balaban J connectivity index is 1.46. The van der Waals surface area contributed by atoms with Gasteiger partial charge < -0.3 is 19.7 Å². The summed E-state index contributed by atoms with van der Waals surface area (Å²) in [5.74, 6) is 2.72. The highest BCUT2D eigenvalue weighted by molar-refractivity contribution is 5.95. The topological polar surface area (TPSA) is 94.4 Å². The molecule has 2 aromatic heterocycles. The summed E-state index contributed by atoms with van der Waals surface area (Å²) in [4.78, 5) is 14.8. The van der Waals surface area contributed by atoms with E-state index in [1.54, 1.807) is 4.68 Å². The minimum Gasteiger partial charge on any atom is -0.491 e. The van der Waals surface area contributed by atoms with E-state index in [9.17, 15) is 4.79 Å². The second-order valence-corrected chi connectivity index (χ2v) is 8.65. The number of nitrogens with zero attached hydrogens (tertiary/aromatic N) is 5. The zero-order chi connectivity index (χ0) is 22.9. The minimum atomic E-state index is -0.0869. The van der Waals surface area contributed by atoms with Gasteiger partial charge in [0.2, 0.25) is 5.91 Å². The summed E-state index contributed by atoms with van der Waals surface area (Å²) >= 11 is 0. The number of hydrogen-bond donors (Lipinski definition) is 1. The molecule has 1 atom stereocenters. The van der Waals surface area contributed by atoms with Crippen molar-refractivity contribution in [2.75, 3.05) is 36.5 Å². The fourth-order valence-electron chi connectivity index (χ4n) is 4.44. The van der Waals surface area contributed by atoms with Crippen molar-refractivity contribution in [3.8, 4) is 11.6 Å². The van der Waals surface area contributed by atoms with Crippen LogP contribution in [0.3, 0.4) is 0 Å². The van der Waals surface area contributed by atoms with Crippen LogP contribution in [0.1, 0.15) is 43.0 Å². The van der Waals surface area contributed by atoms with Gasteiger partial charge in [0.05, 0.1) is 25.0 Å². The van der Waals surface area contributed by atoms with Crippen molar-refractivity contribution in [1.29, 1.82) is 0 Å². The van der Waals surface area contributed by atoms with E-state index in [1.165, 1.54) is 0 Å². The molecule has 1 saturated heterocycles. The maximum Gasteiger partial charge on any atom is 0.226 e. The molecule has 9 heteroatoms. The summed E-state index contributed by atoms with van der Waals surface area (Å²) < 4.78 is 12.9. The van der Waals surface area contributed by atoms with Crippen LogP contribution in [0.2, 0.25) is 0 Å². The van der Waals surface area contributed by atoms with E-state index < -0.39 is 0 Å². The summed E-state index contributed by atoms with van der Waals surface area (Å²) in [5.41, 5.74) is 2.92. The number of benzene rings is 1. The van der Waals surface area contributed by atoms with E-state index in [4.69, 9.17) is 14.6 Å². The Morgan fingerprint density at radius 3 is 2.42 bits per heavy atom. The smallest absolute Gasteiger partial charge is 0.226 e. The number of fused-ring (bicyclic) bond motifs is 1. The van der Waals surface area contributed by atoms with E-state index in [0.29, 0.717) is 31.3 Å². The number of nitrogens with one attached hydrogen (secondary N) is 1. The third-order valence-corrected chi connectivity index (χ3v) is 5.95. The number of rotatable bonds is 5. The molecule has 1 amide bonds. The van der Waals surface area contributed by atoms with Crippen LogP contribution in [-0.4, -0.2) is 58.3 Å². The SMILES string of the molecule is Cc1nn(-c2ccc(N3CCOCC3)nn2)c2c1[C@H](c1ccc(OC(C)C)cc1)CC(=O)N2. The van der Waals surface area contributed by atoms with Crippen LogP contribution >= 0.6 is 0 Å². The molecule has 3 aromatic rings. The lowest BCUT2D eigenvalue weighted by atomic mass is 9.86. The van der Waals surface area contributed by atoms with Crippen molar-refractivity contribution < 1.29 is 14.3 Å². The zero-order valence-electron chi connectivity index (χ0n) is 19.1. The lowest BCUT2D eigenvalue weighted by Crippen LogP contribution is -2.36. The van der Waals surface area contributed by atoms with Crippen molar-refractivity contribution in [3.63, 3.8) is 0 Å². The van der Waals surface area contributed by atoms with Gasteiger partial charge in [-0.2, -0.15) is 9.78 Å². The molecule has 1 N–H and O–H groups in total. The fourth-order valence-corrected chi connectivity index (χ4v) is 4.44. The summed E-state index contributed by atoms with van der Waals surface area (Å²) in [6.07, 6.45) is 0.477. The molecule has 0 bridgehead atoms. The van der Waals surface area contributed by atoms with Gasteiger partial charge in [-0.15, -0.1) is 10.2 Å². The molecular weight excluding hydrogens is 420 g/mol. The van der Waals surface area contributed by atoms with Crippen LogP contribution in [0.15, 0.2) is 36.4 Å². The summed E-state index contributed by atoms with van der Waals surface area (Å²) in [5, 5.41) is 16.5. The highest BCUT2D eigenvalue weighted by atomic mass is 16.5. The number of ether oxygens (including phenoxy) is 2. The number of anilines is 2. The van der Waals surface area contributed by atoms with Crippen LogP contribution in [-0.2, 0) is 9.53 Å². The molecule has 1 aromatic carbocycles. The lowest BCUT2D eigenvalue weighted by Gasteiger charge is -2.27. The van der Waals surface area contributed by atoms with Gasteiger partial charge in [-0.1, -0.05) is 12.1 Å². The number of amides is 1. The van der Waals surface area contributed by atoms with E-state index in [2.05, 4.69) is 20.4 Å². The molecule has 0 aliphatic carbocycles. The third kappa shape index (κ3) is 4.28. The normalized spacial score (nSPS) is 18.2. The molecule has 5 rings (SSSR count). The maximum absolute atomic E-state index is 12.6. The Morgan fingerprint density at radius 1 is 1.06 bits per heavy atom. The van der Waals surface area contributed by atoms with Gasteiger partial charge in [0.25, 0.3) is 0 Å². The molecule has 33 heavy (non-hydrogen) atoms. The average molecular weight is 449 g/mol. The monoisotopic (exact) mass is 448 g/mol. The van der Waals surface area contributed by atoms with Crippen LogP contribution in [0, 0.1) is 6.92 Å². The molecular formula is C24H28N6O3. The number of aromatic nitrogens is 4.